The number of para-hydroxylation sites is 1. The molecule has 0 amide bonds. The van der Waals surface area contributed by atoms with Crippen LogP contribution in [0, 0.1) is 0 Å². The maximum absolute atomic E-state index is 6.21. The van der Waals surface area contributed by atoms with E-state index in [-0.39, 0.29) is 5.41 Å². The summed E-state index contributed by atoms with van der Waals surface area (Å²) >= 11 is 6.21. The molecule has 3 rings (SSSR count). The summed E-state index contributed by atoms with van der Waals surface area (Å²) in [6.07, 6.45) is 4.60. The molecule has 2 heterocycles. The molecular weight excluding hydrogens is 232 g/mol. The molecule has 90 valence electrons. The fourth-order valence-electron chi connectivity index (χ4n) is 2.90. The molecule has 0 saturated carbocycles. The molecule has 0 spiro atoms. The topological polar surface area (TPSA) is 27.8 Å². The van der Waals surface area contributed by atoms with Gasteiger partial charge in [-0.1, -0.05) is 30.7 Å². The van der Waals surface area contributed by atoms with Crippen molar-refractivity contribution in [2.45, 2.75) is 25.2 Å². The fraction of sp³-hybridized carbons (Fsp3) is 0.429. The lowest BCUT2D eigenvalue weighted by Crippen LogP contribution is -2.40. The summed E-state index contributed by atoms with van der Waals surface area (Å²) in [6.45, 7) is 4.52. The predicted octanol–water partition coefficient (Wildman–Crippen LogP) is 3.46. The van der Waals surface area contributed by atoms with E-state index in [1.54, 1.807) is 0 Å². The minimum absolute atomic E-state index is 0.223. The van der Waals surface area contributed by atoms with Crippen molar-refractivity contribution in [3.63, 3.8) is 0 Å². The van der Waals surface area contributed by atoms with Crippen molar-refractivity contribution in [3.05, 3.63) is 35.0 Å². The average Bonchev–Trinajstić information content (AvgIpc) is 2.76. The van der Waals surface area contributed by atoms with Gasteiger partial charge in [0.15, 0.2) is 0 Å². The van der Waals surface area contributed by atoms with Crippen LogP contribution < -0.4 is 5.32 Å². The van der Waals surface area contributed by atoms with E-state index in [2.05, 4.69) is 29.5 Å². The Balaban J connectivity index is 2.14. The van der Waals surface area contributed by atoms with E-state index in [0.29, 0.717) is 0 Å². The molecule has 2 aromatic rings. The number of hydrogen-bond donors (Lipinski definition) is 2. The lowest BCUT2D eigenvalue weighted by atomic mass is 9.76. The molecule has 0 aliphatic carbocycles. The van der Waals surface area contributed by atoms with E-state index in [9.17, 15) is 0 Å². The molecule has 17 heavy (non-hydrogen) atoms. The van der Waals surface area contributed by atoms with E-state index in [1.807, 2.05) is 12.1 Å². The number of nitrogens with one attached hydrogen (secondary N) is 2. The Morgan fingerprint density at radius 1 is 1.35 bits per heavy atom. The molecule has 0 bridgehead atoms. The van der Waals surface area contributed by atoms with Crippen molar-refractivity contribution in [2.75, 3.05) is 13.1 Å². The monoisotopic (exact) mass is 248 g/mol. The minimum atomic E-state index is 0.223. The highest BCUT2D eigenvalue weighted by Gasteiger charge is 2.31. The van der Waals surface area contributed by atoms with E-state index in [1.165, 1.54) is 23.8 Å². The van der Waals surface area contributed by atoms with Gasteiger partial charge < -0.3 is 10.3 Å². The molecule has 1 fully saturated rings. The first kappa shape index (κ1) is 11.1. The Kier molecular flexibility index (Phi) is 2.64. The highest BCUT2D eigenvalue weighted by molar-refractivity contribution is 6.35. The van der Waals surface area contributed by atoms with E-state index < -0.39 is 0 Å². The van der Waals surface area contributed by atoms with Gasteiger partial charge in [0.1, 0.15) is 0 Å². The van der Waals surface area contributed by atoms with Gasteiger partial charge in [0, 0.05) is 23.5 Å². The molecule has 1 aliphatic rings. The minimum Gasteiger partial charge on any atom is -0.360 e. The Morgan fingerprint density at radius 3 is 3.00 bits per heavy atom. The first-order valence-electron chi connectivity index (χ1n) is 6.17. The van der Waals surface area contributed by atoms with E-state index in [0.717, 1.165) is 23.6 Å². The van der Waals surface area contributed by atoms with Crippen LogP contribution in [-0.4, -0.2) is 18.1 Å². The first-order chi connectivity index (χ1) is 8.21. The van der Waals surface area contributed by atoms with Crippen molar-refractivity contribution in [1.29, 1.82) is 0 Å². The van der Waals surface area contributed by atoms with Gasteiger partial charge in [0.05, 0.1) is 10.5 Å². The second-order valence-electron chi connectivity index (χ2n) is 5.21. The van der Waals surface area contributed by atoms with Crippen LogP contribution in [0.25, 0.3) is 10.9 Å². The van der Waals surface area contributed by atoms with Crippen molar-refractivity contribution in [1.82, 2.24) is 10.3 Å². The third kappa shape index (κ3) is 1.76. The summed E-state index contributed by atoms with van der Waals surface area (Å²) in [5.41, 5.74) is 2.68. The summed E-state index contributed by atoms with van der Waals surface area (Å²) < 4.78 is 0. The van der Waals surface area contributed by atoms with E-state index in [4.69, 9.17) is 11.6 Å². The quantitative estimate of drug-likeness (QED) is 0.795. The molecule has 2 N–H and O–H groups in total. The Labute approximate surface area is 106 Å². The molecule has 1 unspecified atom stereocenters. The van der Waals surface area contributed by atoms with Gasteiger partial charge in [0.2, 0.25) is 0 Å². The summed E-state index contributed by atoms with van der Waals surface area (Å²) in [6, 6.07) is 6.13. The lowest BCUT2D eigenvalue weighted by molar-refractivity contribution is 0.342. The van der Waals surface area contributed by atoms with Gasteiger partial charge in [-0.05, 0) is 31.0 Å². The van der Waals surface area contributed by atoms with Crippen molar-refractivity contribution >= 4 is 22.5 Å². The average molecular weight is 249 g/mol. The zero-order chi connectivity index (χ0) is 11.9. The number of aromatic nitrogens is 1. The second-order valence-corrected chi connectivity index (χ2v) is 5.61. The molecule has 0 radical (unpaired) electrons. The Hall–Kier alpha value is -0.990. The molecule has 1 aliphatic heterocycles. The molecular formula is C14H17ClN2. The van der Waals surface area contributed by atoms with Gasteiger partial charge >= 0.3 is 0 Å². The van der Waals surface area contributed by atoms with Crippen molar-refractivity contribution < 1.29 is 0 Å². The summed E-state index contributed by atoms with van der Waals surface area (Å²) in [4.78, 5) is 3.32. The number of fused-ring (bicyclic) bond motifs is 1. The SMILES string of the molecule is CC1(c2c[nH]c3c(Cl)cccc23)CCCNC1. The maximum Gasteiger partial charge on any atom is 0.0647 e. The van der Waals surface area contributed by atoms with Gasteiger partial charge in [-0.25, -0.2) is 0 Å². The molecule has 2 nitrogen and oxygen atoms in total. The van der Waals surface area contributed by atoms with Gasteiger partial charge in [0.25, 0.3) is 0 Å². The Bertz CT molecular complexity index is 538. The molecule has 1 aromatic heterocycles. The van der Waals surface area contributed by atoms with Gasteiger partial charge in [-0.3, -0.25) is 0 Å². The van der Waals surface area contributed by atoms with Crippen LogP contribution in [0.3, 0.4) is 0 Å². The summed E-state index contributed by atoms with van der Waals surface area (Å²) in [7, 11) is 0. The lowest BCUT2D eigenvalue weighted by Gasteiger charge is -2.34. The van der Waals surface area contributed by atoms with Crippen molar-refractivity contribution in [2.24, 2.45) is 0 Å². The number of benzene rings is 1. The van der Waals surface area contributed by atoms with Crippen LogP contribution in [-0.2, 0) is 5.41 Å². The Morgan fingerprint density at radius 2 is 2.24 bits per heavy atom. The smallest absolute Gasteiger partial charge is 0.0647 e. The normalized spacial score (nSPS) is 25.3. The first-order valence-corrected chi connectivity index (χ1v) is 6.55. The fourth-order valence-corrected chi connectivity index (χ4v) is 3.13. The van der Waals surface area contributed by atoms with Crippen molar-refractivity contribution in [3.8, 4) is 0 Å². The summed E-state index contributed by atoms with van der Waals surface area (Å²) in [5.74, 6) is 0. The zero-order valence-electron chi connectivity index (χ0n) is 10.0. The van der Waals surface area contributed by atoms with Crippen LogP contribution >= 0.6 is 11.6 Å². The number of rotatable bonds is 1. The predicted molar refractivity (Wildman–Crippen MR) is 72.8 cm³/mol. The third-order valence-corrected chi connectivity index (χ3v) is 4.23. The number of piperidine rings is 1. The van der Waals surface area contributed by atoms with E-state index >= 15 is 0 Å². The number of H-pyrrole nitrogens is 1. The largest absolute Gasteiger partial charge is 0.360 e. The maximum atomic E-state index is 6.21. The van der Waals surface area contributed by atoms with Crippen LogP contribution in [0.15, 0.2) is 24.4 Å². The highest BCUT2D eigenvalue weighted by Crippen LogP contribution is 2.37. The molecule has 1 aromatic carbocycles. The number of halogens is 1. The van der Waals surface area contributed by atoms with Crippen LogP contribution in [0.2, 0.25) is 5.02 Å². The number of aromatic amines is 1. The van der Waals surface area contributed by atoms with Crippen LogP contribution in [0.4, 0.5) is 0 Å². The van der Waals surface area contributed by atoms with Crippen LogP contribution in [0.1, 0.15) is 25.3 Å². The highest BCUT2D eigenvalue weighted by atomic mass is 35.5. The second kappa shape index (κ2) is 4.04. The molecule has 1 saturated heterocycles. The van der Waals surface area contributed by atoms with Crippen LogP contribution in [0.5, 0.6) is 0 Å². The third-order valence-electron chi connectivity index (χ3n) is 3.91. The number of hydrogen-bond acceptors (Lipinski definition) is 1. The molecule has 1 atom stereocenters. The standard InChI is InChI=1S/C14H17ClN2/c1-14(6-3-7-16-9-14)11-8-17-13-10(11)4-2-5-12(13)15/h2,4-5,8,16-17H,3,6-7,9H2,1H3. The van der Waals surface area contributed by atoms with Gasteiger partial charge in [-0.15, -0.1) is 0 Å². The van der Waals surface area contributed by atoms with Gasteiger partial charge in [-0.2, -0.15) is 0 Å². The molecule has 3 heteroatoms. The summed E-state index contributed by atoms with van der Waals surface area (Å²) in [5, 5.41) is 5.57. The zero-order valence-corrected chi connectivity index (χ0v) is 10.8.